The fraction of sp³-hybridized carbons (Fsp3) is 0.379. The molecule has 22 rings (SSSR count). The molecule has 2 saturated carbocycles. The fourth-order valence-corrected chi connectivity index (χ4v) is 22.6. The Hall–Kier alpha value is -11.9. The first-order chi connectivity index (χ1) is 59.1. The van der Waals surface area contributed by atoms with Gasteiger partial charge in [-0.2, -0.15) is 0 Å². The molecule has 18 heteroatoms. The molecule has 0 N–H and O–H groups in total. The average Bonchev–Trinajstić information content (AvgIpc) is 1.67. The summed E-state index contributed by atoms with van der Waals surface area (Å²) in [7, 11) is 3.30. The summed E-state index contributed by atoms with van der Waals surface area (Å²) in [5.41, 5.74) is 24.6. The van der Waals surface area contributed by atoms with Crippen LogP contribution >= 0.6 is 0 Å². The van der Waals surface area contributed by atoms with Crippen molar-refractivity contribution in [1.82, 2.24) is 19.6 Å². The lowest BCUT2D eigenvalue weighted by molar-refractivity contribution is -0.158. The minimum atomic E-state index is -0.435. The summed E-state index contributed by atoms with van der Waals surface area (Å²) in [6.45, 7) is 8.11. The molecule has 0 radical (unpaired) electrons. The van der Waals surface area contributed by atoms with Gasteiger partial charge < -0.3 is 43.1 Å². The van der Waals surface area contributed by atoms with Gasteiger partial charge in [0, 0.05) is 86.6 Å². The Bertz CT molecular complexity index is 5690. The predicted octanol–water partition coefficient (Wildman–Crippen LogP) is 18.1. The molecule has 6 heterocycles. The lowest BCUT2D eigenvalue weighted by Gasteiger charge is -2.48. The van der Waals surface area contributed by atoms with E-state index in [-0.39, 0.29) is 115 Å². The van der Waals surface area contributed by atoms with Crippen LogP contribution < -0.4 is 28.4 Å². The summed E-state index contributed by atoms with van der Waals surface area (Å²) in [5, 5.41) is 0. The number of methoxy groups -OCH3 is 2. The molecule has 0 aromatic heterocycles. The molecular weight excluding hydrogens is 1520 g/mol. The number of imide groups is 1. The molecule has 11 atom stereocenters. The zero-order chi connectivity index (χ0) is 83.0. The molecule has 18 nitrogen and oxygen atoms in total. The molecule has 0 bridgehead atoms. The number of unbranched alkanes of at least 4 members (excludes halogenated alkanes) is 3. The van der Waals surface area contributed by atoms with Crippen LogP contribution in [0.3, 0.4) is 0 Å². The summed E-state index contributed by atoms with van der Waals surface area (Å²) in [4.78, 5) is 114. The third-order valence-corrected chi connectivity index (χ3v) is 28.3. The van der Waals surface area contributed by atoms with Gasteiger partial charge >= 0.3 is 6.03 Å². The van der Waals surface area contributed by atoms with Crippen molar-refractivity contribution in [1.29, 1.82) is 0 Å². The van der Waals surface area contributed by atoms with Gasteiger partial charge in [-0.1, -0.05) is 191 Å². The van der Waals surface area contributed by atoms with Crippen molar-refractivity contribution in [2.75, 3.05) is 47.4 Å². The number of carbonyl (C=O) groups is 8. The molecule has 618 valence electrons. The molecule has 14 aliphatic rings. The number of allylic oxidation sites excluding steroid dienone is 4. The highest BCUT2D eigenvalue weighted by atomic mass is 16.7. The first kappa shape index (κ1) is 78.9. The molecule has 4 fully saturated rings. The molecular formula is C103H102N4O14. The minimum absolute atomic E-state index is 0.0454. The van der Waals surface area contributed by atoms with E-state index in [0.29, 0.717) is 63.8 Å². The van der Waals surface area contributed by atoms with Gasteiger partial charge in [0.05, 0.1) is 32.8 Å². The first-order valence-electron chi connectivity index (χ1n) is 43.7. The van der Waals surface area contributed by atoms with Crippen molar-refractivity contribution in [3.8, 4) is 34.5 Å². The molecule has 8 aromatic rings. The zero-order valence-corrected chi connectivity index (χ0v) is 69.4. The van der Waals surface area contributed by atoms with Crippen molar-refractivity contribution >= 4 is 69.2 Å². The molecule has 8 aliphatic carbocycles. The summed E-state index contributed by atoms with van der Waals surface area (Å²) in [6.07, 6.45) is 13.7. The largest absolute Gasteiger partial charge is 0.497 e. The van der Waals surface area contributed by atoms with Gasteiger partial charge in [-0.25, -0.2) is 4.79 Å². The van der Waals surface area contributed by atoms with Crippen LogP contribution in [0, 0.1) is 29.6 Å². The van der Waals surface area contributed by atoms with Crippen LogP contribution in [0.5, 0.6) is 34.5 Å². The van der Waals surface area contributed by atoms with Crippen LogP contribution in [0.1, 0.15) is 201 Å². The molecule has 11 unspecified atom stereocenters. The molecule has 0 spiro atoms. The number of benzene rings is 8. The van der Waals surface area contributed by atoms with E-state index in [1.807, 2.05) is 88.7 Å². The van der Waals surface area contributed by atoms with Gasteiger partial charge in [0.15, 0.2) is 23.0 Å². The second-order valence-electron chi connectivity index (χ2n) is 34.8. The standard InChI is InChI=1S/C28H28O4.C26H28N2O3.C25H26N2O3.C24H20O4/c1-2-3-6-18-12-23(29)27-22(28(18)30)14-20-19-8-5-4-7-16(19)11-21(20)26(27)17-9-10-24-25(13-17)32-15-31-24;1-3-4-13-27-16-24(29)28-23(26(27)30)15-21-20-8-6-5-7-18(20)14-22(21)25(28)17-9-11-19(31-2)12-10-17;1-3-4-13-26-24(28)22-15-20-19-8-6-5-7-17(19)14-21(20)23(27(22)25(26)29)16-9-11-18(30-2)12-10-16;25-19-6-7-20(26)24-18(19)11-16-15-4-2-1-3-13(15)9-17(16)23(24)14-5-8-21-22(10-14)28-12-27-21/h4-5,7-10,13,18,22,26-27H,2-3,6,11-12,14-15H2,1H3;5-12,23,25H,3-4,13-16H2,1-2H3;5-12,22-23H,3-4,13-15H2,1-2H3;1-5,8,10,18,23-24H,6-7,9,11-12H2. The van der Waals surface area contributed by atoms with Crippen molar-refractivity contribution < 1.29 is 66.8 Å². The Morgan fingerprint density at radius 1 is 0.397 bits per heavy atom. The number of Topliss-reactive ketones (excluding diaryl/α,β-unsaturated/α-hetero) is 4. The van der Waals surface area contributed by atoms with Crippen molar-refractivity contribution in [3.05, 3.63) is 271 Å². The number of piperazine rings is 1. The van der Waals surface area contributed by atoms with Crippen LogP contribution in [-0.4, -0.2) is 126 Å². The van der Waals surface area contributed by atoms with E-state index in [0.717, 1.165) is 127 Å². The maximum atomic E-state index is 13.7. The second kappa shape index (κ2) is 32.9. The van der Waals surface area contributed by atoms with Crippen LogP contribution in [-0.2, 0) is 59.2 Å². The van der Waals surface area contributed by atoms with E-state index in [1.54, 1.807) is 19.1 Å². The number of rotatable bonds is 15. The van der Waals surface area contributed by atoms with Gasteiger partial charge in [-0.3, -0.25) is 38.5 Å². The lowest BCUT2D eigenvalue weighted by Crippen LogP contribution is -2.62. The van der Waals surface area contributed by atoms with Crippen molar-refractivity contribution in [3.63, 3.8) is 0 Å². The lowest BCUT2D eigenvalue weighted by atomic mass is 9.58. The first-order valence-corrected chi connectivity index (χ1v) is 43.7. The number of hydrogen-bond donors (Lipinski definition) is 0. The predicted molar refractivity (Wildman–Crippen MR) is 459 cm³/mol. The Morgan fingerprint density at radius 2 is 0.818 bits per heavy atom. The summed E-state index contributed by atoms with van der Waals surface area (Å²) in [6, 6.07) is 60.2. The quantitative estimate of drug-likeness (QED) is 0.0876. The van der Waals surface area contributed by atoms with E-state index in [2.05, 4.69) is 124 Å². The highest BCUT2D eigenvalue weighted by Crippen LogP contribution is 2.60. The Kier molecular flexibility index (Phi) is 21.5. The number of amides is 5. The summed E-state index contributed by atoms with van der Waals surface area (Å²) in [5.74, 6) is 4.44. The minimum Gasteiger partial charge on any atom is -0.497 e. The topological polar surface area (TPSA) is 205 Å². The number of carbonyl (C=O) groups excluding carboxylic acids is 8. The highest BCUT2D eigenvalue weighted by Gasteiger charge is 2.56. The van der Waals surface area contributed by atoms with E-state index in [4.69, 9.17) is 28.4 Å². The second-order valence-corrected chi connectivity index (χ2v) is 34.8. The normalized spacial score (nSPS) is 25.0. The number of fused-ring (bicyclic) bond motifs is 14. The van der Waals surface area contributed by atoms with E-state index in [1.165, 1.54) is 94.0 Å². The van der Waals surface area contributed by atoms with Crippen LogP contribution in [0.15, 0.2) is 204 Å². The number of nitrogens with zero attached hydrogens (tertiary/aromatic N) is 4. The van der Waals surface area contributed by atoms with Crippen LogP contribution in [0.4, 0.5) is 4.79 Å². The molecule has 6 aliphatic heterocycles. The molecule has 5 amide bonds. The maximum Gasteiger partial charge on any atom is 0.328 e. The molecule has 121 heavy (non-hydrogen) atoms. The third kappa shape index (κ3) is 14.0. The van der Waals surface area contributed by atoms with Crippen LogP contribution in [0.25, 0.3) is 22.3 Å². The fourth-order valence-electron chi connectivity index (χ4n) is 22.6. The number of ketones is 4. The van der Waals surface area contributed by atoms with Crippen molar-refractivity contribution in [2.45, 2.75) is 172 Å². The smallest absolute Gasteiger partial charge is 0.328 e. The molecule has 2 saturated heterocycles. The van der Waals surface area contributed by atoms with E-state index in [9.17, 15) is 38.4 Å². The van der Waals surface area contributed by atoms with Crippen LogP contribution in [0.2, 0.25) is 0 Å². The van der Waals surface area contributed by atoms with Gasteiger partial charge in [0.2, 0.25) is 25.4 Å². The number of ether oxygens (including phenoxy) is 6. The summed E-state index contributed by atoms with van der Waals surface area (Å²) < 4.78 is 32.9. The Balaban J connectivity index is 0.000000107. The monoisotopic (exact) mass is 1620 g/mol. The third-order valence-electron chi connectivity index (χ3n) is 28.3. The van der Waals surface area contributed by atoms with Gasteiger partial charge in [-0.05, 0) is 207 Å². The summed E-state index contributed by atoms with van der Waals surface area (Å²) >= 11 is 0. The average molecular weight is 1620 g/mol. The van der Waals surface area contributed by atoms with Crippen molar-refractivity contribution in [2.24, 2.45) is 29.6 Å². The highest BCUT2D eigenvalue weighted by molar-refractivity contribution is 6.07. The SMILES string of the molecule is CCCCC1CC(=O)C2C(CC3=C(Cc4ccccc43)C2c2ccc3c(c2)OCO3)C1=O.CCCCN1C(=O)C2CC3=C(Cc4ccccc43)C(c3ccc(OC)cc3)N2C1=O.CCCCN1CC(=O)N2C(CC3=C(Cc4ccccc43)C2c2ccc(OC)cc2)C1=O.O=C1CCC(=O)C2C1CC1=C(Cc3ccccc31)C2c1ccc2c(c1)OCO2. The van der Waals surface area contributed by atoms with Gasteiger partial charge in [0.25, 0.3) is 5.91 Å². The Morgan fingerprint density at radius 3 is 1.31 bits per heavy atom. The van der Waals surface area contributed by atoms with Gasteiger partial charge in [-0.15, -0.1) is 0 Å². The molecule has 8 aromatic carbocycles. The van der Waals surface area contributed by atoms with Gasteiger partial charge in [0.1, 0.15) is 46.7 Å². The number of urea groups is 1. The van der Waals surface area contributed by atoms with E-state index < -0.39 is 12.1 Å². The van der Waals surface area contributed by atoms with E-state index >= 15 is 0 Å². The Labute approximate surface area is 706 Å². The number of hydrogen-bond acceptors (Lipinski definition) is 14. The zero-order valence-electron chi connectivity index (χ0n) is 69.4. The maximum absolute atomic E-state index is 13.7.